The third-order valence-electron chi connectivity index (χ3n) is 4.87. The van der Waals surface area contributed by atoms with Crippen molar-refractivity contribution in [1.82, 2.24) is 5.01 Å². The minimum atomic E-state index is -0.592. The van der Waals surface area contributed by atoms with Gasteiger partial charge in [0.2, 0.25) is 0 Å². The van der Waals surface area contributed by atoms with Gasteiger partial charge in [-0.15, -0.1) is 5.11 Å². The van der Waals surface area contributed by atoms with E-state index in [2.05, 4.69) is 10.3 Å². The molecule has 1 fully saturated rings. The molecule has 3 rings (SSSR count). The Kier molecular flexibility index (Phi) is 6.76. The summed E-state index contributed by atoms with van der Waals surface area (Å²) in [4.78, 5) is 12.2. The van der Waals surface area contributed by atoms with Crippen molar-refractivity contribution in [1.29, 1.82) is 0 Å². The van der Waals surface area contributed by atoms with Gasteiger partial charge in [-0.1, -0.05) is 36.4 Å². The Labute approximate surface area is 165 Å². The van der Waals surface area contributed by atoms with Gasteiger partial charge in [0.05, 0.1) is 24.0 Å². The van der Waals surface area contributed by atoms with Crippen molar-refractivity contribution in [2.75, 3.05) is 19.7 Å². The molecule has 0 bridgehead atoms. The highest BCUT2D eigenvalue weighted by Gasteiger charge is 2.18. The van der Waals surface area contributed by atoms with Gasteiger partial charge in [0.1, 0.15) is 0 Å². The topological polar surface area (TPSA) is 74.5 Å². The van der Waals surface area contributed by atoms with E-state index in [1.54, 1.807) is 25.1 Å². The first kappa shape index (κ1) is 20.0. The van der Waals surface area contributed by atoms with E-state index in [-0.39, 0.29) is 5.97 Å². The average molecular weight is 381 g/mol. The van der Waals surface area contributed by atoms with Crippen LogP contribution >= 0.6 is 0 Å². The number of hydrogen-bond acceptors (Lipinski definition) is 5. The monoisotopic (exact) mass is 381 g/mol. The number of carbonyl (C=O) groups is 1. The number of ether oxygens (including phenoxy) is 1. The summed E-state index contributed by atoms with van der Waals surface area (Å²) in [6.45, 7) is 5.85. The Hall–Kier alpha value is -2.73. The van der Waals surface area contributed by atoms with Gasteiger partial charge in [0, 0.05) is 18.7 Å². The molecule has 1 heterocycles. The molecule has 1 aliphatic rings. The van der Waals surface area contributed by atoms with Crippen LogP contribution in [-0.2, 0) is 4.74 Å². The van der Waals surface area contributed by atoms with Crippen molar-refractivity contribution in [2.45, 2.75) is 39.2 Å². The number of carbonyl (C=O) groups excluding carboxylic acids is 1. The predicted octanol–water partition coefficient (Wildman–Crippen LogP) is 5.07. The molecule has 1 N–H and O–H groups in total. The Morgan fingerprint density at radius 3 is 2.61 bits per heavy atom. The fourth-order valence-electron chi connectivity index (χ4n) is 3.33. The lowest BCUT2D eigenvalue weighted by molar-refractivity contribution is 0.0526. The summed E-state index contributed by atoms with van der Waals surface area (Å²) in [6, 6.07) is 12.9. The van der Waals surface area contributed by atoms with E-state index in [0.717, 1.165) is 42.6 Å². The normalized spacial score (nSPS) is 15.2. The smallest absolute Gasteiger partial charge is 0.338 e. The molecule has 1 saturated heterocycles. The summed E-state index contributed by atoms with van der Waals surface area (Å²) in [5, 5.41) is 21.2. The van der Waals surface area contributed by atoms with Crippen LogP contribution in [0, 0.1) is 0 Å². The second-order valence-corrected chi connectivity index (χ2v) is 6.81. The molecule has 0 saturated carbocycles. The van der Waals surface area contributed by atoms with Gasteiger partial charge in [0.15, 0.2) is 0 Å². The summed E-state index contributed by atoms with van der Waals surface area (Å²) in [6.07, 6.45) is 2.25. The quantitative estimate of drug-likeness (QED) is 0.537. The number of aliphatic hydroxyl groups excluding tert-OH is 1. The average Bonchev–Trinajstić information content (AvgIpc) is 3.25. The number of esters is 1. The molecule has 1 unspecified atom stereocenters. The third-order valence-corrected chi connectivity index (χ3v) is 4.87. The highest BCUT2D eigenvalue weighted by molar-refractivity contribution is 5.93. The van der Waals surface area contributed by atoms with E-state index >= 15 is 0 Å². The zero-order valence-corrected chi connectivity index (χ0v) is 16.5. The maximum Gasteiger partial charge on any atom is 0.338 e. The van der Waals surface area contributed by atoms with Crippen LogP contribution in [0.3, 0.4) is 0 Å². The van der Waals surface area contributed by atoms with Crippen molar-refractivity contribution < 1.29 is 14.6 Å². The molecule has 2 aromatic carbocycles. The fraction of sp³-hybridized carbons (Fsp3) is 0.409. The van der Waals surface area contributed by atoms with Crippen LogP contribution in [0.5, 0.6) is 0 Å². The first-order valence-corrected chi connectivity index (χ1v) is 9.89. The lowest BCUT2D eigenvalue weighted by Crippen LogP contribution is -2.09. The van der Waals surface area contributed by atoms with Gasteiger partial charge in [0.25, 0.3) is 0 Å². The summed E-state index contributed by atoms with van der Waals surface area (Å²) in [5.74, 6) is -0.375. The fourth-order valence-corrected chi connectivity index (χ4v) is 3.33. The van der Waals surface area contributed by atoms with E-state index < -0.39 is 6.10 Å². The van der Waals surface area contributed by atoms with Crippen molar-refractivity contribution in [2.24, 2.45) is 10.3 Å². The lowest BCUT2D eigenvalue weighted by Gasteiger charge is -2.16. The summed E-state index contributed by atoms with van der Waals surface area (Å²) >= 11 is 0. The van der Waals surface area contributed by atoms with Crippen molar-refractivity contribution in [3.8, 4) is 11.1 Å². The molecule has 6 heteroatoms. The van der Waals surface area contributed by atoms with Crippen LogP contribution < -0.4 is 0 Å². The van der Waals surface area contributed by atoms with Gasteiger partial charge in [-0.05, 0) is 55.5 Å². The number of aliphatic hydroxyl groups is 1. The second-order valence-electron chi connectivity index (χ2n) is 6.81. The lowest BCUT2D eigenvalue weighted by atomic mass is 9.93. The van der Waals surface area contributed by atoms with Crippen molar-refractivity contribution >= 4 is 11.7 Å². The minimum absolute atomic E-state index is 0.315. The predicted molar refractivity (Wildman–Crippen MR) is 108 cm³/mol. The Morgan fingerprint density at radius 2 is 1.89 bits per heavy atom. The molecule has 0 radical (unpaired) electrons. The Bertz CT molecular complexity index is 845. The molecule has 1 atom stereocenters. The zero-order valence-electron chi connectivity index (χ0n) is 16.5. The van der Waals surface area contributed by atoms with Crippen LogP contribution in [0.4, 0.5) is 5.69 Å². The highest BCUT2D eigenvalue weighted by atomic mass is 16.5. The maximum absolute atomic E-state index is 12.2. The first-order chi connectivity index (χ1) is 13.6. The minimum Gasteiger partial charge on any atom is -0.462 e. The molecule has 148 valence electrons. The van der Waals surface area contributed by atoms with E-state index in [4.69, 9.17) is 4.74 Å². The number of rotatable bonds is 7. The summed E-state index contributed by atoms with van der Waals surface area (Å²) < 4.78 is 5.15. The van der Waals surface area contributed by atoms with Gasteiger partial charge in [-0.25, -0.2) is 4.79 Å². The van der Waals surface area contributed by atoms with E-state index in [1.807, 2.05) is 36.2 Å². The van der Waals surface area contributed by atoms with Crippen LogP contribution in [-0.4, -0.2) is 35.8 Å². The molecule has 28 heavy (non-hydrogen) atoms. The molecular weight excluding hydrogens is 354 g/mol. The van der Waals surface area contributed by atoms with Gasteiger partial charge >= 0.3 is 5.97 Å². The molecule has 0 amide bonds. The number of hydrogen-bond donors (Lipinski definition) is 1. The van der Waals surface area contributed by atoms with Gasteiger partial charge < -0.3 is 9.84 Å². The molecule has 0 aromatic heterocycles. The number of benzene rings is 2. The van der Waals surface area contributed by atoms with E-state index in [9.17, 15) is 9.90 Å². The van der Waals surface area contributed by atoms with E-state index in [1.165, 1.54) is 0 Å². The van der Waals surface area contributed by atoms with Crippen LogP contribution in [0.1, 0.15) is 55.1 Å². The maximum atomic E-state index is 12.2. The van der Waals surface area contributed by atoms with Crippen LogP contribution in [0.2, 0.25) is 0 Å². The number of nitrogens with zero attached hydrogens (tertiary/aromatic N) is 3. The van der Waals surface area contributed by atoms with Crippen LogP contribution in [0.25, 0.3) is 11.1 Å². The van der Waals surface area contributed by atoms with Gasteiger partial charge in [-0.3, -0.25) is 5.01 Å². The Morgan fingerprint density at radius 1 is 1.14 bits per heavy atom. The third kappa shape index (κ3) is 4.57. The van der Waals surface area contributed by atoms with E-state index in [0.29, 0.717) is 24.3 Å². The molecule has 0 aliphatic carbocycles. The summed E-state index contributed by atoms with van der Waals surface area (Å²) in [5.41, 5.74) is 3.53. The largest absolute Gasteiger partial charge is 0.462 e. The van der Waals surface area contributed by atoms with Gasteiger partial charge in [-0.2, -0.15) is 0 Å². The molecular formula is C22H27N3O3. The SMILES string of the molecule is CCOC(=O)c1ccc(N=NN2CCCC2)c(-c2ccccc2C(O)CC)c1. The zero-order chi connectivity index (χ0) is 19.9. The highest BCUT2D eigenvalue weighted by Crippen LogP contribution is 2.37. The first-order valence-electron chi connectivity index (χ1n) is 9.89. The standard InChI is InChI=1S/C22H27N3O3/c1-3-21(26)18-10-6-5-9-17(18)19-15-16(22(27)28-4-2)11-12-20(19)23-24-25-13-7-8-14-25/h5-6,9-12,15,21,26H,3-4,7-8,13-14H2,1-2H3. The molecule has 2 aromatic rings. The Balaban J connectivity index is 2.07. The van der Waals surface area contributed by atoms with Crippen molar-refractivity contribution in [3.05, 3.63) is 53.6 Å². The molecule has 0 spiro atoms. The molecule has 6 nitrogen and oxygen atoms in total. The van der Waals surface area contributed by atoms with Crippen molar-refractivity contribution in [3.63, 3.8) is 0 Å². The van der Waals surface area contributed by atoms with Crippen LogP contribution in [0.15, 0.2) is 52.8 Å². The second kappa shape index (κ2) is 9.46. The summed E-state index contributed by atoms with van der Waals surface area (Å²) in [7, 11) is 0. The molecule has 1 aliphatic heterocycles.